The average Bonchev–Trinajstić information content (AvgIpc) is 2.50. The van der Waals surface area contributed by atoms with E-state index in [-0.39, 0.29) is 5.91 Å². The molecule has 1 aromatic carbocycles. The fourth-order valence-corrected chi connectivity index (χ4v) is 2.42. The van der Waals surface area contributed by atoms with Crippen LogP contribution < -0.4 is 5.32 Å². The van der Waals surface area contributed by atoms with Crippen molar-refractivity contribution in [2.45, 2.75) is 6.92 Å². The molecule has 0 spiro atoms. The number of amides is 3. The summed E-state index contributed by atoms with van der Waals surface area (Å²) in [6.07, 6.45) is 0. The molecule has 0 bridgehead atoms. The third-order valence-electron chi connectivity index (χ3n) is 3.38. The number of halogens is 2. The van der Waals surface area contributed by atoms with E-state index in [0.717, 1.165) is 0 Å². The first kappa shape index (κ1) is 16.6. The van der Waals surface area contributed by atoms with Crippen LogP contribution in [0.5, 0.6) is 0 Å². The number of piperazine rings is 1. The maximum atomic E-state index is 12.1. The number of benzene rings is 1. The number of nitrogens with one attached hydrogen (secondary N) is 1. The first-order valence-electron chi connectivity index (χ1n) is 6.69. The predicted octanol–water partition coefficient (Wildman–Crippen LogP) is 1.62. The Morgan fingerprint density at radius 1 is 1.00 bits per heavy atom. The van der Waals surface area contributed by atoms with E-state index in [0.29, 0.717) is 41.9 Å². The maximum Gasteiger partial charge on any atom is 0.313 e. The van der Waals surface area contributed by atoms with Crippen LogP contribution in [0.1, 0.15) is 6.92 Å². The molecule has 0 atom stereocenters. The number of anilines is 1. The van der Waals surface area contributed by atoms with Crippen molar-refractivity contribution >= 4 is 46.6 Å². The molecule has 3 amide bonds. The lowest BCUT2D eigenvalue weighted by atomic mass is 10.3. The Kier molecular flexibility index (Phi) is 5.26. The van der Waals surface area contributed by atoms with Crippen molar-refractivity contribution in [2.24, 2.45) is 0 Å². The normalized spacial score (nSPS) is 14.7. The topological polar surface area (TPSA) is 69.7 Å². The Hall–Kier alpha value is -1.79. The van der Waals surface area contributed by atoms with E-state index >= 15 is 0 Å². The summed E-state index contributed by atoms with van der Waals surface area (Å²) in [5.74, 6) is -1.41. The molecule has 2 rings (SSSR count). The molecule has 1 aromatic rings. The van der Waals surface area contributed by atoms with Crippen molar-refractivity contribution in [3.63, 3.8) is 0 Å². The summed E-state index contributed by atoms with van der Waals surface area (Å²) in [6, 6.07) is 4.57. The van der Waals surface area contributed by atoms with E-state index in [1.807, 2.05) is 0 Å². The maximum absolute atomic E-state index is 12.1. The van der Waals surface area contributed by atoms with Crippen molar-refractivity contribution < 1.29 is 14.4 Å². The van der Waals surface area contributed by atoms with Crippen LogP contribution in [0.3, 0.4) is 0 Å². The molecule has 8 heteroatoms. The number of carbonyl (C=O) groups excluding carboxylic acids is 3. The number of hydrogen-bond acceptors (Lipinski definition) is 3. The summed E-state index contributed by atoms with van der Waals surface area (Å²) >= 11 is 11.6. The number of rotatable bonds is 1. The Bertz CT molecular complexity index is 613. The van der Waals surface area contributed by atoms with Crippen LogP contribution in [-0.4, -0.2) is 53.7 Å². The van der Waals surface area contributed by atoms with Gasteiger partial charge in [-0.2, -0.15) is 0 Å². The van der Waals surface area contributed by atoms with Gasteiger partial charge >= 0.3 is 11.8 Å². The molecule has 1 fully saturated rings. The lowest BCUT2D eigenvalue weighted by Gasteiger charge is -2.33. The third kappa shape index (κ3) is 3.90. The highest BCUT2D eigenvalue weighted by atomic mass is 35.5. The van der Waals surface area contributed by atoms with Crippen molar-refractivity contribution in [3.05, 3.63) is 28.2 Å². The largest absolute Gasteiger partial charge is 0.339 e. The molecule has 0 aromatic heterocycles. The molecule has 22 heavy (non-hydrogen) atoms. The molecule has 0 aliphatic carbocycles. The van der Waals surface area contributed by atoms with Crippen molar-refractivity contribution in [1.29, 1.82) is 0 Å². The van der Waals surface area contributed by atoms with Gasteiger partial charge < -0.3 is 15.1 Å². The van der Waals surface area contributed by atoms with E-state index in [1.165, 1.54) is 24.0 Å². The van der Waals surface area contributed by atoms with E-state index in [9.17, 15) is 14.4 Å². The van der Waals surface area contributed by atoms with E-state index in [1.54, 1.807) is 11.0 Å². The van der Waals surface area contributed by atoms with Crippen LogP contribution in [0.2, 0.25) is 10.0 Å². The highest BCUT2D eigenvalue weighted by Crippen LogP contribution is 2.25. The van der Waals surface area contributed by atoms with E-state index in [4.69, 9.17) is 23.2 Å². The summed E-state index contributed by atoms with van der Waals surface area (Å²) in [6.45, 7) is 3.02. The van der Waals surface area contributed by atoms with Gasteiger partial charge in [-0.15, -0.1) is 0 Å². The Morgan fingerprint density at radius 2 is 1.59 bits per heavy atom. The van der Waals surface area contributed by atoms with E-state index < -0.39 is 11.8 Å². The second kappa shape index (κ2) is 6.98. The van der Waals surface area contributed by atoms with Crippen LogP contribution in [-0.2, 0) is 14.4 Å². The lowest BCUT2D eigenvalue weighted by Crippen LogP contribution is -2.52. The SMILES string of the molecule is CC(=O)N1CCN(C(=O)C(=O)Nc2ccc(Cl)c(Cl)c2)CC1. The molecule has 1 N–H and O–H groups in total. The molecule has 0 saturated carbocycles. The van der Waals surface area contributed by atoms with Gasteiger partial charge in [0.1, 0.15) is 0 Å². The molecule has 0 unspecified atom stereocenters. The second-order valence-corrected chi connectivity index (χ2v) is 5.70. The molecule has 0 radical (unpaired) electrons. The van der Waals surface area contributed by atoms with Gasteiger partial charge in [-0.25, -0.2) is 0 Å². The lowest BCUT2D eigenvalue weighted by molar-refractivity contribution is -0.145. The number of hydrogen-bond donors (Lipinski definition) is 1. The van der Waals surface area contributed by atoms with Gasteiger partial charge in [0, 0.05) is 38.8 Å². The molecule has 1 saturated heterocycles. The second-order valence-electron chi connectivity index (χ2n) is 4.88. The van der Waals surface area contributed by atoms with Crippen molar-refractivity contribution in [2.75, 3.05) is 31.5 Å². The molecular weight excluding hydrogens is 329 g/mol. The van der Waals surface area contributed by atoms with Crippen LogP contribution in [0, 0.1) is 0 Å². The highest BCUT2D eigenvalue weighted by molar-refractivity contribution is 6.42. The summed E-state index contributed by atoms with van der Waals surface area (Å²) < 4.78 is 0. The molecular formula is C14H15Cl2N3O3. The predicted molar refractivity (Wildman–Crippen MR) is 83.9 cm³/mol. The van der Waals surface area contributed by atoms with Gasteiger partial charge in [-0.05, 0) is 18.2 Å². The smallest absolute Gasteiger partial charge is 0.313 e. The van der Waals surface area contributed by atoms with Gasteiger partial charge in [0.15, 0.2) is 0 Å². The number of carbonyl (C=O) groups is 3. The zero-order chi connectivity index (χ0) is 16.3. The van der Waals surface area contributed by atoms with E-state index in [2.05, 4.69) is 5.32 Å². The van der Waals surface area contributed by atoms with Crippen LogP contribution >= 0.6 is 23.2 Å². The zero-order valence-electron chi connectivity index (χ0n) is 11.9. The monoisotopic (exact) mass is 343 g/mol. The molecule has 6 nitrogen and oxygen atoms in total. The van der Waals surface area contributed by atoms with Crippen molar-refractivity contribution in [1.82, 2.24) is 9.80 Å². The van der Waals surface area contributed by atoms with Gasteiger partial charge in [-0.1, -0.05) is 23.2 Å². The minimum Gasteiger partial charge on any atom is -0.339 e. The zero-order valence-corrected chi connectivity index (χ0v) is 13.4. The molecule has 1 aliphatic heterocycles. The molecule has 1 heterocycles. The summed E-state index contributed by atoms with van der Waals surface area (Å²) in [5.41, 5.74) is 0.398. The van der Waals surface area contributed by atoms with Gasteiger partial charge in [0.25, 0.3) is 0 Å². The van der Waals surface area contributed by atoms with Crippen LogP contribution in [0.15, 0.2) is 18.2 Å². The standard InChI is InChI=1S/C14H15Cl2N3O3/c1-9(20)18-4-6-19(7-5-18)14(22)13(21)17-10-2-3-11(15)12(16)8-10/h2-3,8H,4-7H2,1H3,(H,17,21). The van der Waals surface area contributed by atoms with Crippen molar-refractivity contribution in [3.8, 4) is 0 Å². The summed E-state index contributed by atoms with van der Waals surface area (Å²) in [5, 5.41) is 3.15. The van der Waals surface area contributed by atoms with Crippen LogP contribution in [0.25, 0.3) is 0 Å². The van der Waals surface area contributed by atoms with Gasteiger partial charge in [0.05, 0.1) is 10.0 Å². The Morgan fingerprint density at radius 3 is 2.14 bits per heavy atom. The first-order chi connectivity index (χ1) is 10.4. The Labute approximate surface area is 138 Å². The van der Waals surface area contributed by atoms with Gasteiger partial charge in [0.2, 0.25) is 5.91 Å². The molecule has 1 aliphatic rings. The highest BCUT2D eigenvalue weighted by Gasteiger charge is 2.26. The summed E-state index contributed by atoms with van der Waals surface area (Å²) in [7, 11) is 0. The Balaban J connectivity index is 1.94. The minimum absolute atomic E-state index is 0.0349. The fourth-order valence-electron chi connectivity index (χ4n) is 2.13. The van der Waals surface area contributed by atoms with Crippen LogP contribution in [0.4, 0.5) is 5.69 Å². The summed E-state index contributed by atoms with van der Waals surface area (Å²) in [4.78, 5) is 38.3. The fraction of sp³-hybridized carbons (Fsp3) is 0.357. The third-order valence-corrected chi connectivity index (χ3v) is 4.12. The number of nitrogens with zero attached hydrogens (tertiary/aromatic N) is 2. The average molecular weight is 344 g/mol. The first-order valence-corrected chi connectivity index (χ1v) is 7.45. The quantitative estimate of drug-likeness (QED) is 0.787. The molecule has 118 valence electrons. The minimum atomic E-state index is -0.741. The van der Waals surface area contributed by atoms with Gasteiger partial charge in [-0.3, -0.25) is 14.4 Å².